The van der Waals surface area contributed by atoms with E-state index in [0.717, 1.165) is 12.0 Å². The van der Waals surface area contributed by atoms with Crippen LogP contribution in [-0.4, -0.2) is 26.1 Å². The van der Waals surface area contributed by atoms with E-state index in [9.17, 15) is 4.79 Å². The van der Waals surface area contributed by atoms with Crippen LogP contribution in [0.25, 0.3) is 5.65 Å². The van der Waals surface area contributed by atoms with E-state index in [0.29, 0.717) is 11.2 Å². The van der Waals surface area contributed by atoms with Crippen LogP contribution >= 0.6 is 0 Å². The highest BCUT2D eigenvalue weighted by molar-refractivity contribution is 5.73. The Morgan fingerprint density at radius 2 is 2.42 bits per heavy atom. The molecular weight excluding hydrogens is 156 g/mol. The number of aromatic nitrogens is 4. The van der Waals surface area contributed by atoms with Crippen molar-refractivity contribution in [3.8, 4) is 0 Å². The molecule has 0 aliphatic rings. The maximum absolute atomic E-state index is 10.4. The fourth-order valence-electron chi connectivity index (χ4n) is 0.979. The van der Waals surface area contributed by atoms with E-state index in [4.69, 9.17) is 0 Å². The van der Waals surface area contributed by atoms with Crippen LogP contribution in [0.4, 0.5) is 0 Å². The SMILES string of the molecule is Cc1nnn2cc(C=O)cnc12. The summed E-state index contributed by atoms with van der Waals surface area (Å²) in [6.45, 7) is 1.82. The van der Waals surface area contributed by atoms with E-state index in [1.54, 1.807) is 6.20 Å². The van der Waals surface area contributed by atoms with Gasteiger partial charge in [-0.15, -0.1) is 5.10 Å². The Kier molecular flexibility index (Phi) is 1.36. The smallest absolute Gasteiger partial charge is 0.178 e. The molecule has 12 heavy (non-hydrogen) atoms. The van der Waals surface area contributed by atoms with Crippen molar-refractivity contribution in [2.45, 2.75) is 6.92 Å². The fourth-order valence-corrected chi connectivity index (χ4v) is 0.979. The molecule has 2 heterocycles. The first-order chi connectivity index (χ1) is 5.81. The van der Waals surface area contributed by atoms with Gasteiger partial charge in [0.15, 0.2) is 11.9 Å². The van der Waals surface area contributed by atoms with Gasteiger partial charge in [-0.1, -0.05) is 5.21 Å². The highest BCUT2D eigenvalue weighted by atomic mass is 16.1. The van der Waals surface area contributed by atoms with Gasteiger partial charge in [0, 0.05) is 12.4 Å². The number of hydrogen-bond acceptors (Lipinski definition) is 4. The second kappa shape index (κ2) is 2.37. The Morgan fingerprint density at radius 3 is 3.17 bits per heavy atom. The molecule has 0 aliphatic heterocycles. The van der Waals surface area contributed by atoms with E-state index < -0.39 is 0 Å². The molecule has 0 amide bonds. The van der Waals surface area contributed by atoms with E-state index in [2.05, 4.69) is 15.3 Å². The Balaban J connectivity index is 2.77. The van der Waals surface area contributed by atoms with Crippen molar-refractivity contribution >= 4 is 11.9 Å². The van der Waals surface area contributed by atoms with Crippen LogP contribution < -0.4 is 0 Å². The molecule has 0 aromatic carbocycles. The van der Waals surface area contributed by atoms with Crippen molar-refractivity contribution < 1.29 is 4.79 Å². The zero-order valence-electron chi connectivity index (χ0n) is 6.43. The quantitative estimate of drug-likeness (QED) is 0.564. The number of nitrogens with zero attached hydrogens (tertiary/aromatic N) is 4. The second-order valence-corrected chi connectivity index (χ2v) is 2.45. The highest BCUT2D eigenvalue weighted by Gasteiger charge is 2.01. The summed E-state index contributed by atoms with van der Waals surface area (Å²) in [6, 6.07) is 0. The lowest BCUT2D eigenvalue weighted by molar-refractivity contribution is 0.112. The van der Waals surface area contributed by atoms with Gasteiger partial charge >= 0.3 is 0 Å². The van der Waals surface area contributed by atoms with Gasteiger partial charge in [-0.05, 0) is 6.92 Å². The fraction of sp³-hybridized carbons (Fsp3) is 0.143. The average Bonchev–Trinajstić information content (AvgIpc) is 2.47. The van der Waals surface area contributed by atoms with Crippen LogP contribution in [0, 0.1) is 6.92 Å². The Bertz CT molecular complexity index is 434. The minimum Gasteiger partial charge on any atom is -0.298 e. The number of carbonyl (C=O) groups excluding carboxylic acids is 1. The van der Waals surface area contributed by atoms with Gasteiger partial charge < -0.3 is 0 Å². The summed E-state index contributed by atoms with van der Waals surface area (Å²) in [5.74, 6) is 0. The summed E-state index contributed by atoms with van der Waals surface area (Å²) in [5, 5.41) is 7.58. The first-order valence-electron chi connectivity index (χ1n) is 3.44. The van der Waals surface area contributed by atoms with Crippen molar-refractivity contribution in [3.05, 3.63) is 23.7 Å². The highest BCUT2D eigenvalue weighted by Crippen LogP contribution is 2.02. The summed E-state index contributed by atoms with van der Waals surface area (Å²) >= 11 is 0. The van der Waals surface area contributed by atoms with Crippen LogP contribution in [0.15, 0.2) is 12.4 Å². The first kappa shape index (κ1) is 6.90. The molecule has 2 aromatic heterocycles. The minimum atomic E-state index is 0.493. The number of fused-ring (bicyclic) bond motifs is 1. The minimum absolute atomic E-state index is 0.493. The van der Waals surface area contributed by atoms with E-state index in [1.165, 1.54) is 10.7 Å². The average molecular weight is 162 g/mol. The lowest BCUT2D eigenvalue weighted by Crippen LogP contribution is -1.93. The first-order valence-corrected chi connectivity index (χ1v) is 3.44. The van der Waals surface area contributed by atoms with Gasteiger partial charge in [0.1, 0.15) is 5.69 Å². The lowest BCUT2D eigenvalue weighted by atomic mass is 10.4. The number of aldehydes is 1. The van der Waals surface area contributed by atoms with Crippen molar-refractivity contribution in [1.29, 1.82) is 0 Å². The standard InChI is InChI=1S/C7H6N4O/c1-5-7-8-2-6(4-12)3-11(7)10-9-5/h2-4H,1H3. The second-order valence-electron chi connectivity index (χ2n) is 2.45. The van der Waals surface area contributed by atoms with Crippen molar-refractivity contribution in [2.24, 2.45) is 0 Å². The van der Waals surface area contributed by atoms with Gasteiger partial charge in [0.2, 0.25) is 0 Å². The Morgan fingerprint density at radius 1 is 1.58 bits per heavy atom. The topological polar surface area (TPSA) is 60.2 Å². The van der Waals surface area contributed by atoms with Crippen LogP contribution in [0.2, 0.25) is 0 Å². The summed E-state index contributed by atoms with van der Waals surface area (Å²) < 4.78 is 1.49. The van der Waals surface area contributed by atoms with Gasteiger partial charge in [-0.2, -0.15) is 0 Å². The molecule has 0 N–H and O–H groups in total. The molecule has 0 bridgehead atoms. The Hall–Kier alpha value is -1.78. The number of carbonyl (C=O) groups is 1. The predicted molar refractivity (Wildman–Crippen MR) is 40.9 cm³/mol. The molecule has 0 spiro atoms. The summed E-state index contributed by atoms with van der Waals surface area (Å²) in [4.78, 5) is 14.4. The molecule has 5 nitrogen and oxygen atoms in total. The molecule has 2 aromatic rings. The molecule has 0 saturated heterocycles. The van der Waals surface area contributed by atoms with E-state index in [-0.39, 0.29) is 0 Å². The predicted octanol–water partition coefficient (Wildman–Crippen LogP) is 0.245. The summed E-state index contributed by atoms with van der Waals surface area (Å²) in [7, 11) is 0. The third kappa shape index (κ3) is 0.868. The van der Waals surface area contributed by atoms with E-state index in [1.807, 2.05) is 6.92 Å². The van der Waals surface area contributed by atoms with Crippen molar-refractivity contribution in [3.63, 3.8) is 0 Å². The zero-order chi connectivity index (χ0) is 8.55. The molecule has 60 valence electrons. The third-order valence-corrected chi connectivity index (χ3v) is 1.58. The molecule has 0 fully saturated rings. The number of hydrogen-bond donors (Lipinski definition) is 0. The van der Waals surface area contributed by atoms with Gasteiger partial charge in [0.05, 0.1) is 5.56 Å². The van der Waals surface area contributed by atoms with Crippen LogP contribution in [0.3, 0.4) is 0 Å². The van der Waals surface area contributed by atoms with Gasteiger partial charge in [0.25, 0.3) is 0 Å². The van der Waals surface area contributed by atoms with Crippen molar-refractivity contribution in [2.75, 3.05) is 0 Å². The maximum atomic E-state index is 10.4. The number of aryl methyl sites for hydroxylation is 1. The molecule has 0 radical (unpaired) electrons. The van der Waals surface area contributed by atoms with Crippen LogP contribution in [0.5, 0.6) is 0 Å². The zero-order valence-corrected chi connectivity index (χ0v) is 6.43. The lowest BCUT2D eigenvalue weighted by Gasteiger charge is -1.91. The molecule has 0 aliphatic carbocycles. The maximum Gasteiger partial charge on any atom is 0.178 e. The summed E-state index contributed by atoms with van der Waals surface area (Å²) in [5.41, 5.74) is 1.93. The van der Waals surface area contributed by atoms with Crippen LogP contribution in [0.1, 0.15) is 16.1 Å². The molecule has 5 heteroatoms. The normalized spacial score (nSPS) is 10.4. The van der Waals surface area contributed by atoms with Gasteiger partial charge in [-0.25, -0.2) is 9.50 Å². The van der Waals surface area contributed by atoms with E-state index >= 15 is 0 Å². The largest absolute Gasteiger partial charge is 0.298 e. The molecule has 0 unspecified atom stereocenters. The van der Waals surface area contributed by atoms with Crippen molar-refractivity contribution in [1.82, 2.24) is 19.8 Å². The monoisotopic (exact) mass is 162 g/mol. The van der Waals surface area contributed by atoms with Crippen LogP contribution in [-0.2, 0) is 0 Å². The number of rotatable bonds is 1. The molecule has 2 rings (SSSR count). The Labute approximate surface area is 68.0 Å². The molecule has 0 saturated carbocycles. The third-order valence-electron chi connectivity index (χ3n) is 1.58. The molecular formula is C7H6N4O. The molecule has 0 atom stereocenters. The van der Waals surface area contributed by atoms with Gasteiger partial charge in [-0.3, -0.25) is 4.79 Å². The summed E-state index contributed by atoms with van der Waals surface area (Å²) in [6.07, 6.45) is 3.82.